The molecule has 0 saturated carbocycles. The average Bonchev–Trinajstić information content (AvgIpc) is 2.59. The molecule has 0 aliphatic carbocycles. The van der Waals surface area contributed by atoms with Crippen LogP contribution in [0.25, 0.3) is 0 Å². The summed E-state index contributed by atoms with van der Waals surface area (Å²) >= 11 is 3.44. The van der Waals surface area contributed by atoms with Crippen LogP contribution in [0, 0.1) is 5.82 Å². The van der Waals surface area contributed by atoms with E-state index in [0.717, 1.165) is 36.9 Å². The molecule has 0 unspecified atom stereocenters. The molecular weight excluding hydrogens is 373 g/mol. The number of piperidine rings is 1. The third-order valence-electron chi connectivity index (χ3n) is 4.21. The first-order chi connectivity index (χ1) is 11.6. The van der Waals surface area contributed by atoms with E-state index in [1.54, 1.807) is 0 Å². The smallest absolute Gasteiger partial charge is 0.338 e. The summed E-state index contributed by atoms with van der Waals surface area (Å²) in [6.07, 6.45) is 1.58. The minimum atomic E-state index is -0.374. The highest BCUT2D eigenvalue weighted by Gasteiger charge is 2.22. The molecule has 0 bridgehead atoms. The van der Waals surface area contributed by atoms with E-state index in [2.05, 4.69) is 33.0 Å². The summed E-state index contributed by atoms with van der Waals surface area (Å²) in [6, 6.07) is 13.8. The highest BCUT2D eigenvalue weighted by Crippen LogP contribution is 2.19. The standard InChI is InChI=1S/C19H19BrFNO2/c20-16-5-1-14(2-6-16)13-22-11-9-18(10-12-22)24-19(23)15-3-7-17(21)8-4-15/h1-8,18H,9-13H2. The maximum Gasteiger partial charge on any atom is 0.338 e. The summed E-state index contributed by atoms with van der Waals surface area (Å²) in [5, 5.41) is 0. The molecule has 1 aliphatic rings. The van der Waals surface area contributed by atoms with Gasteiger partial charge in [-0.05, 0) is 54.8 Å². The Morgan fingerprint density at radius 2 is 1.71 bits per heavy atom. The number of ether oxygens (including phenoxy) is 1. The molecule has 126 valence electrons. The van der Waals surface area contributed by atoms with Gasteiger partial charge in [0, 0.05) is 24.1 Å². The Labute approximate surface area is 149 Å². The van der Waals surface area contributed by atoms with Gasteiger partial charge in [-0.2, -0.15) is 0 Å². The summed E-state index contributed by atoms with van der Waals surface area (Å²) in [5.74, 6) is -0.728. The first-order valence-electron chi connectivity index (χ1n) is 8.03. The summed E-state index contributed by atoms with van der Waals surface area (Å²) in [6.45, 7) is 2.71. The molecule has 0 N–H and O–H groups in total. The third-order valence-corrected chi connectivity index (χ3v) is 4.74. The van der Waals surface area contributed by atoms with Gasteiger partial charge in [-0.25, -0.2) is 9.18 Å². The lowest BCUT2D eigenvalue weighted by molar-refractivity contribution is 0.0104. The van der Waals surface area contributed by atoms with Crippen LogP contribution in [0.4, 0.5) is 4.39 Å². The van der Waals surface area contributed by atoms with E-state index in [1.807, 2.05) is 12.1 Å². The normalized spacial score (nSPS) is 16.1. The predicted molar refractivity (Wildman–Crippen MR) is 94.3 cm³/mol. The molecule has 0 amide bonds. The SMILES string of the molecule is O=C(OC1CCN(Cc2ccc(Br)cc2)CC1)c1ccc(F)cc1. The molecular formula is C19H19BrFNO2. The molecule has 2 aromatic rings. The zero-order valence-electron chi connectivity index (χ0n) is 13.3. The molecule has 2 aromatic carbocycles. The quantitative estimate of drug-likeness (QED) is 0.722. The lowest BCUT2D eigenvalue weighted by Crippen LogP contribution is -2.37. The number of likely N-dealkylation sites (tertiary alicyclic amines) is 1. The van der Waals surface area contributed by atoms with Gasteiger partial charge in [0.05, 0.1) is 5.56 Å². The van der Waals surface area contributed by atoms with E-state index >= 15 is 0 Å². The first-order valence-corrected chi connectivity index (χ1v) is 8.83. The Bertz CT molecular complexity index is 680. The highest BCUT2D eigenvalue weighted by atomic mass is 79.9. The molecule has 1 heterocycles. The Morgan fingerprint density at radius 1 is 1.08 bits per heavy atom. The zero-order valence-corrected chi connectivity index (χ0v) is 14.8. The number of halogens is 2. The van der Waals surface area contributed by atoms with Gasteiger partial charge >= 0.3 is 5.97 Å². The number of nitrogens with zero attached hydrogens (tertiary/aromatic N) is 1. The maximum atomic E-state index is 12.9. The van der Waals surface area contributed by atoms with E-state index in [-0.39, 0.29) is 17.9 Å². The van der Waals surface area contributed by atoms with Crippen molar-refractivity contribution in [3.8, 4) is 0 Å². The topological polar surface area (TPSA) is 29.5 Å². The first kappa shape index (κ1) is 17.1. The van der Waals surface area contributed by atoms with Crippen LogP contribution >= 0.6 is 15.9 Å². The van der Waals surface area contributed by atoms with Crippen LogP contribution in [0.3, 0.4) is 0 Å². The van der Waals surface area contributed by atoms with Crippen LogP contribution in [0.1, 0.15) is 28.8 Å². The fourth-order valence-electron chi connectivity index (χ4n) is 2.84. The largest absolute Gasteiger partial charge is 0.459 e. The van der Waals surface area contributed by atoms with Crippen molar-refractivity contribution in [1.82, 2.24) is 4.90 Å². The molecule has 0 radical (unpaired) electrons. The number of carbonyl (C=O) groups excluding carboxylic acids is 1. The third kappa shape index (κ3) is 4.65. The molecule has 3 rings (SSSR count). The predicted octanol–water partition coefficient (Wildman–Crippen LogP) is 4.41. The molecule has 5 heteroatoms. The lowest BCUT2D eigenvalue weighted by atomic mass is 10.1. The molecule has 24 heavy (non-hydrogen) atoms. The average molecular weight is 392 g/mol. The van der Waals surface area contributed by atoms with Crippen molar-refractivity contribution in [1.29, 1.82) is 0 Å². The summed E-state index contributed by atoms with van der Waals surface area (Å²) in [7, 11) is 0. The second-order valence-corrected chi connectivity index (χ2v) is 6.93. The van der Waals surface area contributed by atoms with Crippen molar-refractivity contribution in [2.24, 2.45) is 0 Å². The monoisotopic (exact) mass is 391 g/mol. The van der Waals surface area contributed by atoms with Crippen LogP contribution in [0.5, 0.6) is 0 Å². The van der Waals surface area contributed by atoms with Crippen LogP contribution < -0.4 is 0 Å². The van der Waals surface area contributed by atoms with Crippen molar-refractivity contribution >= 4 is 21.9 Å². The number of hydrogen-bond acceptors (Lipinski definition) is 3. The molecule has 0 aromatic heterocycles. The fourth-order valence-corrected chi connectivity index (χ4v) is 3.10. The maximum absolute atomic E-state index is 12.9. The van der Waals surface area contributed by atoms with Crippen LogP contribution in [-0.2, 0) is 11.3 Å². The summed E-state index contributed by atoms with van der Waals surface area (Å²) < 4.78 is 19.5. The lowest BCUT2D eigenvalue weighted by Gasteiger charge is -2.31. The van der Waals surface area contributed by atoms with Gasteiger partial charge in [0.2, 0.25) is 0 Å². The van der Waals surface area contributed by atoms with Crippen LogP contribution in [0.15, 0.2) is 53.0 Å². The van der Waals surface area contributed by atoms with Gasteiger partial charge in [0.25, 0.3) is 0 Å². The van der Waals surface area contributed by atoms with E-state index in [9.17, 15) is 9.18 Å². The van der Waals surface area contributed by atoms with E-state index in [4.69, 9.17) is 4.74 Å². The number of carbonyl (C=O) groups is 1. The fraction of sp³-hybridized carbons (Fsp3) is 0.316. The molecule has 1 aliphatic heterocycles. The summed E-state index contributed by atoms with van der Waals surface area (Å²) in [4.78, 5) is 14.4. The number of rotatable bonds is 4. The van der Waals surface area contributed by atoms with Gasteiger partial charge in [-0.3, -0.25) is 4.90 Å². The van der Waals surface area contributed by atoms with Gasteiger partial charge in [-0.15, -0.1) is 0 Å². The van der Waals surface area contributed by atoms with Gasteiger partial charge in [-0.1, -0.05) is 28.1 Å². The Balaban J connectivity index is 1.47. The second-order valence-electron chi connectivity index (χ2n) is 6.01. The highest BCUT2D eigenvalue weighted by molar-refractivity contribution is 9.10. The number of hydrogen-bond donors (Lipinski definition) is 0. The van der Waals surface area contributed by atoms with Crippen LogP contribution in [-0.4, -0.2) is 30.1 Å². The van der Waals surface area contributed by atoms with Crippen molar-refractivity contribution < 1.29 is 13.9 Å². The van der Waals surface area contributed by atoms with Crippen LogP contribution in [0.2, 0.25) is 0 Å². The van der Waals surface area contributed by atoms with Gasteiger partial charge in [0.1, 0.15) is 11.9 Å². The zero-order chi connectivity index (χ0) is 16.9. The summed E-state index contributed by atoms with van der Waals surface area (Å²) in [5.41, 5.74) is 1.67. The van der Waals surface area contributed by atoms with Gasteiger partial charge in [0.15, 0.2) is 0 Å². The van der Waals surface area contributed by atoms with Crippen molar-refractivity contribution in [3.05, 3.63) is 69.9 Å². The Kier molecular flexibility index (Phi) is 5.63. The van der Waals surface area contributed by atoms with E-state index < -0.39 is 0 Å². The molecule has 0 spiro atoms. The second kappa shape index (κ2) is 7.90. The molecule has 1 saturated heterocycles. The number of benzene rings is 2. The Hall–Kier alpha value is -1.72. The Morgan fingerprint density at radius 3 is 2.33 bits per heavy atom. The minimum Gasteiger partial charge on any atom is -0.459 e. The van der Waals surface area contributed by atoms with E-state index in [0.29, 0.717) is 5.56 Å². The molecule has 3 nitrogen and oxygen atoms in total. The van der Waals surface area contributed by atoms with E-state index in [1.165, 1.54) is 29.8 Å². The molecule has 0 atom stereocenters. The van der Waals surface area contributed by atoms with Crippen molar-refractivity contribution in [2.75, 3.05) is 13.1 Å². The number of esters is 1. The van der Waals surface area contributed by atoms with Gasteiger partial charge < -0.3 is 4.74 Å². The van der Waals surface area contributed by atoms with Crippen molar-refractivity contribution in [2.45, 2.75) is 25.5 Å². The molecule has 1 fully saturated rings. The minimum absolute atomic E-state index is 0.0660. The van der Waals surface area contributed by atoms with Crippen molar-refractivity contribution in [3.63, 3.8) is 0 Å².